The summed E-state index contributed by atoms with van der Waals surface area (Å²) in [7, 11) is 1.55. The number of hydrogen-bond donors (Lipinski definition) is 1. The lowest BCUT2D eigenvalue weighted by molar-refractivity contribution is -0.139. The molecule has 0 unspecified atom stereocenters. The van der Waals surface area contributed by atoms with Crippen molar-refractivity contribution < 1.29 is 32.5 Å². The number of halogens is 3. The fourth-order valence-electron chi connectivity index (χ4n) is 7.30. The lowest BCUT2D eigenvalue weighted by atomic mass is 9.75. The van der Waals surface area contributed by atoms with E-state index in [0.29, 0.717) is 30.6 Å². The van der Waals surface area contributed by atoms with E-state index < -0.39 is 28.9 Å². The van der Waals surface area contributed by atoms with Gasteiger partial charge >= 0.3 is 5.97 Å². The molecule has 4 nitrogen and oxygen atoms in total. The quantitative estimate of drug-likeness (QED) is 0.325. The van der Waals surface area contributed by atoms with Crippen molar-refractivity contribution in [1.82, 2.24) is 0 Å². The maximum absolute atomic E-state index is 15.7. The molecule has 0 radical (unpaired) electrons. The van der Waals surface area contributed by atoms with Crippen molar-refractivity contribution in [3.63, 3.8) is 0 Å². The Labute approximate surface area is 232 Å². The van der Waals surface area contributed by atoms with Gasteiger partial charge in [-0.1, -0.05) is 38.5 Å². The lowest BCUT2D eigenvalue weighted by Gasteiger charge is -2.30. The van der Waals surface area contributed by atoms with Gasteiger partial charge in [-0.25, -0.2) is 13.2 Å². The van der Waals surface area contributed by atoms with E-state index in [1.807, 2.05) is 18.2 Å². The Bertz CT molecular complexity index is 1510. The van der Waals surface area contributed by atoms with Crippen molar-refractivity contribution in [2.24, 2.45) is 11.3 Å². The lowest BCUT2D eigenvalue weighted by Crippen LogP contribution is -2.17. The van der Waals surface area contributed by atoms with E-state index in [9.17, 15) is 9.90 Å². The smallest absolute Gasteiger partial charge is 0.307 e. The fourth-order valence-corrected chi connectivity index (χ4v) is 7.30. The molecule has 6 rings (SSSR count). The van der Waals surface area contributed by atoms with Gasteiger partial charge in [0.25, 0.3) is 0 Å². The monoisotopic (exact) mass is 550 g/mol. The third-order valence-electron chi connectivity index (χ3n) is 9.58. The van der Waals surface area contributed by atoms with Crippen molar-refractivity contribution in [2.45, 2.75) is 70.3 Å². The fraction of sp³-hybridized carbons (Fsp3) is 0.424. The molecule has 2 fully saturated rings. The minimum Gasteiger partial charge on any atom is -0.497 e. The number of ether oxygens (including phenoxy) is 2. The molecular formula is C33H33F3O4. The Morgan fingerprint density at radius 1 is 1.02 bits per heavy atom. The summed E-state index contributed by atoms with van der Waals surface area (Å²) in [4.78, 5) is 11.6. The van der Waals surface area contributed by atoms with Gasteiger partial charge in [0.05, 0.1) is 13.0 Å². The molecule has 3 atom stereocenters. The van der Waals surface area contributed by atoms with Crippen LogP contribution in [-0.4, -0.2) is 18.2 Å². The second-order valence-corrected chi connectivity index (χ2v) is 12.3. The molecule has 1 N–H and O–H groups in total. The van der Waals surface area contributed by atoms with Crippen molar-refractivity contribution in [3.05, 3.63) is 82.2 Å². The van der Waals surface area contributed by atoms with Crippen molar-refractivity contribution in [2.75, 3.05) is 7.11 Å². The maximum Gasteiger partial charge on any atom is 0.307 e. The summed E-state index contributed by atoms with van der Waals surface area (Å²) in [6, 6.07) is 11.5. The minimum atomic E-state index is -0.978. The molecule has 2 saturated carbocycles. The number of methoxy groups -OCH3 is 1. The SMILES string of the molecule is COc1ccc(F)c(-c2ccc(COc3cc(F)c4c(c3F)[C@]3(CC4)C[C@@H]3C(=O)O)cc2[C@@H]2CCCC2(C)C)c1. The van der Waals surface area contributed by atoms with Crippen LogP contribution in [0.2, 0.25) is 0 Å². The maximum atomic E-state index is 15.7. The van der Waals surface area contributed by atoms with E-state index in [2.05, 4.69) is 13.8 Å². The van der Waals surface area contributed by atoms with Crippen LogP contribution in [0.4, 0.5) is 13.2 Å². The summed E-state index contributed by atoms with van der Waals surface area (Å²) >= 11 is 0. The van der Waals surface area contributed by atoms with Crippen LogP contribution in [0.1, 0.15) is 74.1 Å². The van der Waals surface area contributed by atoms with Crippen LogP contribution in [-0.2, 0) is 23.2 Å². The molecule has 3 aromatic rings. The largest absolute Gasteiger partial charge is 0.497 e. The van der Waals surface area contributed by atoms with Crippen LogP contribution in [0, 0.1) is 28.8 Å². The predicted molar refractivity (Wildman–Crippen MR) is 145 cm³/mol. The molecule has 0 aromatic heterocycles. The van der Waals surface area contributed by atoms with E-state index >= 15 is 13.2 Å². The molecule has 210 valence electrons. The molecule has 0 heterocycles. The van der Waals surface area contributed by atoms with Crippen LogP contribution in [0.5, 0.6) is 11.5 Å². The number of aliphatic carboxylic acids is 1. The van der Waals surface area contributed by atoms with E-state index in [1.54, 1.807) is 19.2 Å². The number of carboxylic acids is 1. The highest BCUT2D eigenvalue weighted by atomic mass is 19.1. The predicted octanol–water partition coefficient (Wildman–Crippen LogP) is 7.94. The van der Waals surface area contributed by atoms with Gasteiger partial charge in [-0.3, -0.25) is 4.79 Å². The molecule has 0 bridgehead atoms. The molecule has 3 aromatic carbocycles. The average molecular weight is 551 g/mol. The summed E-state index contributed by atoms with van der Waals surface area (Å²) in [6.45, 7) is 4.44. The number of carbonyl (C=O) groups is 1. The van der Waals surface area contributed by atoms with E-state index in [-0.39, 0.29) is 40.6 Å². The van der Waals surface area contributed by atoms with E-state index in [1.165, 1.54) is 6.07 Å². The number of fused-ring (bicyclic) bond motifs is 2. The number of carboxylic acid groups (broad SMARTS) is 1. The third kappa shape index (κ3) is 4.25. The van der Waals surface area contributed by atoms with E-state index in [0.717, 1.165) is 42.0 Å². The summed E-state index contributed by atoms with van der Waals surface area (Å²) in [6.07, 6.45) is 4.16. The Balaban J connectivity index is 1.35. The molecule has 0 amide bonds. The molecule has 0 saturated heterocycles. The summed E-state index contributed by atoms with van der Waals surface area (Å²) in [5, 5.41) is 9.51. The van der Waals surface area contributed by atoms with Crippen LogP contribution in [0.3, 0.4) is 0 Å². The van der Waals surface area contributed by atoms with Gasteiger partial charge in [0.15, 0.2) is 11.6 Å². The van der Waals surface area contributed by atoms with Crippen molar-refractivity contribution in [3.8, 4) is 22.6 Å². The summed E-state index contributed by atoms with van der Waals surface area (Å²) < 4.78 is 57.0. The van der Waals surface area contributed by atoms with E-state index in [4.69, 9.17) is 9.47 Å². The summed E-state index contributed by atoms with van der Waals surface area (Å²) in [5.41, 5.74) is 2.61. The average Bonchev–Trinajstić information content (AvgIpc) is 3.36. The number of rotatable bonds is 7. The highest BCUT2D eigenvalue weighted by Crippen LogP contribution is 2.63. The Hall–Kier alpha value is -3.48. The third-order valence-corrected chi connectivity index (χ3v) is 9.58. The highest BCUT2D eigenvalue weighted by molar-refractivity contribution is 5.78. The molecule has 3 aliphatic rings. The first-order valence-electron chi connectivity index (χ1n) is 13.9. The van der Waals surface area contributed by atoms with Crippen molar-refractivity contribution in [1.29, 1.82) is 0 Å². The van der Waals surface area contributed by atoms with Crippen LogP contribution in [0.25, 0.3) is 11.1 Å². The molecule has 3 aliphatic carbocycles. The number of hydrogen-bond acceptors (Lipinski definition) is 3. The van der Waals surface area contributed by atoms with Crippen molar-refractivity contribution >= 4 is 5.97 Å². The standard InChI is InChI=1S/C33H33F3O4/c1-32(2)11-4-5-24(32)22-13-18(6-8-20(22)23-14-19(39-3)7-9-26(23)34)17-40-28-15-27(35)21-10-12-33(29(21)30(28)36)16-25(33)31(37)38/h6-9,13-15,24-25H,4-5,10-12,16-17H2,1-3H3,(H,37,38)/t24-,25+,33+/m0/s1. The topological polar surface area (TPSA) is 55.8 Å². The first-order chi connectivity index (χ1) is 19.1. The summed E-state index contributed by atoms with van der Waals surface area (Å²) in [5.74, 6) is -2.70. The van der Waals surface area contributed by atoms with Crippen LogP contribution < -0.4 is 9.47 Å². The molecule has 1 spiro atoms. The Morgan fingerprint density at radius 3 is 2.50 bits per heavy atom. The van der Waals surface area contributed by atoms with Gasteiger partial charge in [-0.05, 0) is 83.9 Å². The second kappa shape index (κ2) is 9.57. The zero-order valence-corrected chi connectivity index (χ0v) is 23.0. The second-order valence-electron chi connectivity index (χ2n) is 12.3. The van der Waals surface area contributed by atoms with Gasteiger partial charge in [-0.15, -0.1) is 0 Å². The molecule has 7 heteroatoms. The molecule has 40 heavy (non-hydrogen) atoms. The van der Waals surface area contributed by atoms with Crippen LogP contribution >= 0.6 is 0 Å². The Kier molecular flexibility index (Phi) is 6.39. The number of benzene rings is 3. The zero-order chi connectivity index (χ0) is 28.4. The minimum absolute atomic E-state index is 0.00841. The Morgan fingerprint density at radius 2 is 1.82 bits per heavy atom. The van der Waals surface area contributed by atoms with Gasteiger partial charge in [0, 0.05) is 22.6 Å². The van der Waals surface area contributed by atoms with Gasteiger partial charge < -0.3 is 14.6 Å². The normalized spacial score (nSPS) is 24.2. The first-order valence-corrected chi connectivity index (χ1v) is 13.9. The van der Waals surface area contributed by atoms with Gasteiger partial charge in [0.2, 0.25) is 0 Å². The highest BCUT2D eigenvalue weighted by Gasteiger charge is 2.63. The first kappa shape index (κ1) is 26.7. The molecular weight excluding hydrogens is 517 g/mol. The molecule has 0 aliphatic heterocycles. The van der Waals surface area contributed by atoms with Gasteiger partial charge in [-0.2, -0.15) is 0 Å². The van der Waals surface area contributed by atoms with Crippen LogP contribution in [0.15, 0.2) is 42.5 Å². The zero-order valence-electron chi connectivity index (χ0n) is 23.0. The van der Waals surface area contributed by atoms with Gasteiger partial charge in [0.1, 0.15) is 24.0 Å².